The summed E-state index contributed by atoms with van der Waals surface area (Å²) in [5, 5.41) is 24.0. The van der Waals surface area contributed by atoms with Crippen LogP contribution in [0.5, 0.6) is 0 Å². The topological polar surface area (TPSA) is 158 Å². The number of aliphatic hydroxyl groups excluding tert-OH is 1. The maximum atomic E-state index is 13.6. The van der Waals surface area contributed by atoms with E-state index in [0.717, 1.165) is 22.3 Å². The molecule has 0 unspecified atom stereocenters. The fourth-order valence-corrected chi connectivity index (χ4v) is 7.47. The van der Waals surface area contributed by atoms with Gasteiger partial charge in [-0.2, -0.15) is 0 Å². The Morgan fingerprint density at radius 1 is 0.581 bits per heavy atom. The molecule has 326 valence electrons. The molecular weight excluding hydrogens is 797 g/mol. The minimum Gasteiger partial charge on any atom is -0.463 e. The van der Waals surface area contributed by atoms with Gasteiger partial charge < -0.3 is 52.8 Å². The molecule has 13 heteroatoms. The first-order chi connectivity index (χ1) is 30.2. The zero-order chi connectivity index (χ0) is 43.2. The van der Waals surface area contributed by atoms with Gasteiger partial charge in [-0.1, -0.05) is 140 Å². The molecule has 0 amide bonds. The SMILES string of the molecule is CC(=O)OC[C@H]1O[C@@](CO)(OC[C@@]2(O)O[C@H](COCc3ccccc3)[C@@H](OCc3ccccc3)[C@@H]2OCc2ccccc2)[C@@H](OCc2ccccc2)[C@@H]1OC(=O)c1ccccc1. The second kappa shape index (κ2) is 21.7. The molecule has 2 heterocycles. The van der Waals surface area contributed by atoms with Crippen LogP contribution in [0, 0.1) is 0 Å². The summed E-state index contributed by atoms with van der Waals surface area (Å²) in [4.78, 5) is 25.7. The lowest BCUT2D eigenvalue weighted by Gasteiger charge is -2.37. The van der Waals surface area contributed by atoms with Gasteiger partial charge in [0.25, 0.3) is 0 Å². The van der Waals surface area contributed by atoms with Crippen molar-refractivity contribution in [1.29, 1.82) is 0 Å². The highest BCUT2D eigenvalue weighted by molar-refractivity contribution is 5.89. The van der Waals surface area contributed by atoms with E-state index in [0.29, 0.717) is 0 Å². The quantitative estimate of drug-likeness (QED) is 0.0838. The van der Waals surface area contributed by atoms with E-state index in [1.165, 1.54) is 6.92 Å². The van der Waals surface area contributed by atoms with Gasteiger partial charge in [0, 0.05) is 6.92 Å². The van der Waals surface area contributed by atoms with E-state index in [4.69, 9.17) is 42.6 Å². The van der Waals surface area contributed by atoms with Gasteiger partial charge in [-0.15, -0.1) is 0 Å². The Bertz CT molecular complexity index is 2110. The summed E-state index contributed by atoms with van der Waals surface area (Å²) in [5.41, 5.74) is 3.67. The largest absolute Gasteiger partial charge is 0.463 e. The maximum absolute atomic E-state index is 13.6. The zero-order valence-corrected chi connectivity index (χ0v) is 34.4. The molecule has 2 N–H and O–H groups in total. The molecule has 8 atom stereocenters. The maximum Gasteiger partial charge on any atom is 0.338 e. The van der Waals surface area contributed by atoms with Crippen LogP contribution >= 0.6 is 0 Å². The van der Waals surface area contributed by atoms with Gasteiger partial charge in [-0.3, -0.25) is 4.79 Å². The highest BCUT2D eigenvalue weighted by atomic mass is 16.8. The minimum atomic E-state index is -2.24. The Balaban J connectivity index is 1.20. The molecule has 0 aliphatic carbocycles. The molecule has 7 rings (SSSR count). The van der Waals surface area contributed by atoms with Crippen molar-refractivity contribution in [3.63, 3.8) is 0 Å². The normalized spacial score (nSPS) is 25.7. The van der Waals surface area contributed by atoms with E-state index >= 15 is 0 Å². The molecule has 0 saturated carbocycles. The molecule has 2 saturated heterocycles. The highest BCUT2D eigenvalue weighted by Gasteiger charge is 2.62. The van der Waals surface area contributed by atoms with Crippen molar-refractivity contribution in [3.05, 3.63) is 179 Å². The predicted molar refractivity (Wildman–Crippen MR) is 224 cm³/mol. The summed E-state index contributed by atoms with van der Waals surface area (Å²) in [5.74, 6) is -5.67. The average Bonchev–Trinajstić information content (AvgIpc) is 3.75. The molecule has 5 aromatic carbocycles. The molecule has 0 spiro atoms. The Morgan fingerprint density at radius 3 is 1.56 bits per heavy atom. The van der Waals surface area contributed by atoms with E-state index in [1.54, 1.807) is 30.3 Å². The van der Waals surface area contributed by atoms with Crippen LogP contribution in [-0.4, -0.2) is 96.8 Å². The van der Waals surface area contributed by atoms with E-state index in [1.807, 2.05) is 121 Å². The third-order valence-electron chi connectivity index (χ3n) is 10.6. The lowest BCUT2D eigenvalue weighted by molar-refractivity contribution is -0.336. The van der Waals surface area contributed by atoms with E-state index < -0.39 is 73.4 Å². The van der Waals surface area contributed by atoms with Crippen molar-refractivity contribution < 1.29 is 62.4 Å². The summed E-state index contributed by atoms with van der Waals surface area (Å²) >= 11 is 0. The van der Waals surface area contributed by atoms with Crippen molar-refractivity contribution in [2.45, 2.75) is 81.5 Å². The summed E-state index contributed by atoms with van der Waals surface area (Å²) in [6.07, 6.45) is -6.72. The van der Waals surface area contributed by atoms with Crippen LogP contribution < -0.4 is 0 Å². The van der Waals surface area contributed by atoms with Crippen LogP contribution in [0.3, 0.4) is 0 Å². The Morgan fingerprint density at radius 2 is 1.05 bits per heavy atom. The Hall–Kier alpha value is -5.32. The van der Waals surface area contributed by atoms with Gasteiger partial charge in [0.1, 0.15) is 44.2 Å². The number of hydrogen-bond acceptors (Lipinski definition) is 13. The minimum absolute atomic E-state index is 0.00822. The van der Waals surface area contributed by atoms with Crippen molar-refractivity contribution in [2.75, 3.05) is 26.4 Å². The fourth-order valence-electron chi connectivity index (χ4n) is 7.47. The van der Waals surface area contributed by atoms with Crippen LogP contribution in [0.1, 0.15) is 39.5 Å². The van der Waals surface area contributed by atoms with Crippen molar-refractivity contribution in [1.82, 2.24) is 0 Å². The summed E-state index contributed by atoms with van der Waals surface area (Å²) in [7, 11) is 0. The molecular formula is C49H52O13. The van der Waals surface area contributed by atoms with Crippen molar-refractivity contribution >= 4 is 11.9 Å². The first kappa shape index (κ1) is 44.7. The second-order valence-electron chi connectivity index (χ2n) is 15.2. The average molecular weight is 849 g/mol. The Kier molecular flexibility index (Phi) is 15.6. The van der Waals surface area contributed by atoms with Gasteiger partial charge in [-0.05, 0) is 34.4 Å². The lowest BCUT2D eigenvalue weighted by atomic mass is 10.0. The first-order valence-corrected chi connectivity index (χ1v) is 20.6. The van der Waals surface area contributed by atoms with Crippen LogP contribution in [0.2, 0.25) is 0 Å². The van der Waals surface area contributed by atoms with Crippen LogP contribution in [0.25, 0.3) is 0 Å². The number of benzene rings is 5. The van der Waals surface area contributed by atoms with Gasteiger partial charge in [-0.25, -0.2) is 4.79 Å². The highest BCUT2D eigenvalue weighted by Crippen LogP contribution is 2.41. The third-order valence-corrected chi connectivity index (χ3v) is 10.6. The Labute approximate surface area is 361 Å². The second-order valence-corrected chi connectivity index (χ2v) is 15.2. The molecule has 2 aliphatic heterocycles. The van der Waals surface area contributed by atoms with Gasteiger partial charge in [0.2, 0.25) is 11.6 Å². The number of rotatable bonds is 21. The zero-order valence-electron chi connectivity index (χ0n) is 34.4. The smallest absolute Gasteiger partial charge is 0.338 e. The molecule has 0 radical (unpaired) electrons. The fraction of sp³-hybridized carbons (Fsp3) is 0.347. The molecule has 5 aromatic rings. The molecule has 13 nitrogen and oxygen atoms in total. The van der Waals surface area contributed by atoms with Crippen molar-refractivity contribution in [2.24, 2.45) is 0 Å². The third kappa shape index (κ3) is 11.6. The molecule has 62 heavy (non-hydrogen) atoms. The van der Waals surface area contributed by atoms with Crippen LogP contribution in [0.4, 0.5) is 0 Å². The van der Waals surface area contributed by atoms with Crippen LogP contribution in [-0.2, 0) is 73.9 Å². The first-order valence-electron chi connectivity index (χ1n) is 20.6. The number of aliphatic hydroxyl groups is 2. The van der Waals surface area contributed by atoms with E-state index in [2.05, 4.69) is 0 Å². The molecule has 2 fully saturated rings. The van der Waals surface area contributed by atoms with E-state index in [-0.39, 0.29) is 45.2 Å². The number of carbonyl (C=O) groups excluding carboxylic acids is 2. The van der Waals surface area contributed by atoms with Gasteiger partial charge in [0.05, 0.1) is 38.6 Å². The summed E-state index contributed by atoms with van der Waals surface area (Å²) in [6.45, 7) is -0.136. The van der Waals surface area contributed by atoms with Crippen LogP contribution in [0.15, 0.2) is 152 Å². The van der Waals surface area contributed by atoms with Crippen molar-refractivity contribution in [3.8, 4) is 0 Å². The van der Waals surface area contributed by atoms with Gasteiger partial charge in [0.15, 0.2) is 12.2 Å². The standard InChI is InChI=1S/C49H52O13/c1-35(51)55-32-42-44(60-47(52)40-25-15-6-16-26-40)46(58-30-39-23-13-5-14-24-39)49(33-50,62-42)59-34-48(53)45(57-29-38-21-11-4-12-22-38)43(56-28-37-19-9-3-10-20-37)41(61-48)31-54-27-36-17-7-2-8-18-36/h2-26,41-46,50,53H,27-34H2,1H3/t41-,42-,43-,44-,45+,46+,48-,49-/m1/s1. The molecule has 2 aliphatic rings. The number of hydrogen-bond donors (Lipinski definition) is 2. The summed E-state index contributed by atoms with van der Waals surface area (Å²) in [6, 6.07) is 46.2. The molecule has 0 aromatic heterocycles. The predicted octanol–water partition coefficient (Wildman–Crippen LogP) is 5.94. The van der Waals surface area contributed by atoms with Gasteiger partial charge >= 0.3 is 11.9 Å². The summed E-state index contributed by atoms with van der Waals surface area (Å²) < 4.78 is 56.6. The van der Waals surface area contributed by atoms with E-state index in [9.17, 15) is 19.8 Å². The lowest BCUT2D eigenvalue weighted by Crippen LogP contribution is -2.56. The number of ether oxygens (including phenoxy) is 9. The molecule has 0 bridgehead atoms. The number of carbonyl (C=O) groups is 2. The number of esters is 2. The monoisotopic (exact) mass is 848 g/mol.